The zero-order chi connectivity index (χ0) is 14.4. The van der Waals surface area contributed by atoms with Crippen LogP contribution in [0.25, 0.3) is 0 Å². The van der Waals surface area contributed by atoms with Gasteiger partial charge in [0.15, 0.2) is 0 Å². The minimum Gasteiger partial charge on any atom is -0.271 e. The van der Waals surface area contributed by atoms with E-state index in [1.54, 1.807) is 0 Å². The summed E-state index contributed by atoms with van der Waals surface area (Å²) in [6.07, 6.45) is 3.08. The molecule has 0 aromatic heterocycles. The highest BCUT2D eigenvalue weighted by Gasteiger charge is 2.11. The summed E-state index contributed by atoms with van der Waals surface area (Å²) in [5, 5.41) is 0.762. The molecule has 106 valence electrons. The van der Waals surface area contributed by atoms with Gasteiger partial charge in [-0.15, -0.1) is 0 Å². The van der Waals surface area contributed by atoms with Crippen LogP contribution in [0.4, 0.5) is 0 Å². The molecule has 0 aliphatic carbocycles. The Balaban J connectivity index is 2.17. The molecule has 2 aromatic rings. The Hall–Kier alpha value is -1.35. The summed E-state index contributed by atoms with van der Waals surface area (Å²) in [4.78, 5) is 0. The van der Waals surface area contributed by atoms with Gasteiger partial charge in [0.25, 0.3) is 0 Å². The number of hydrogen-bond acceptors (Lipinski definition) is 2. The predicted octanol–water partition coefficient (Wildman–Crippen LogP) is 4.04. The maximum atomic E-state index is 6.03. The van der Waals surface area contributed by atoms with Crippen LogP contribution >= 0.6 is 11.6 Å². The van der Waals surface area contributed by atoms with E-state index in [1.165, 1.54) is 16.7 Å². The largest absolute Gasteiger partial charge is 0.271 e. The molecule has 2 rings (SSSR count). The molecule has 0 aliphatic rings. The first kappa shape index (κ1) is 15.0. The zero-order valence-electron chi connectivity index (χ0n) is 11.8. The molecular weight excluding hydrogens is 268 g/mol. The quantitative estimate of drug-likeness (QED) is 0.622. The third-order valence-corrected chi connectivity index (χ3v) is 3.66. The molecule has 1 atom stereocenters. The van der Waals surface area contributed by atoms with Crippen molar-refractivity contribution in [1.29, 1.82) is 0 Å². The molecule has 0 amide bonds. The van der Waals surface area contributed by atoms with Crippen molar-refractivity contribution in [3.63, 3.8) is 0 Å². The highest BCUT2D eigenvalue weighted by atomic mass is 35.5. The first-order valence-corrected chi connectivity index (χ1v) is 7.40. The Bertz CT molecular complexity index is 554. The van der Waals surface area contributed by atoms with Crippen LogP contribution in [0.2, 0.25) is 5.02 Å². The van der Waals surface area contributed by atoms with Crippen LogP contribution in [-0.4, -0.2) is 0 Å². The molecule has 0 fully saturated rings. The van der Waals surface area contributed by atoms with E-state index in [0.717, 1.165) is 24.3 Å². The molecule has 2 aromatic carbocycles. The van der Waals surface area contributed by atoms with Gasteiger partial charge >= 0.3 is 0 Å². The molecule has 3 N–H and O–H groups in total. The fourth-order valence-corrected chi connectivity index (χ4v) is 2.64. The molecule has 0 heterocycles. The van der Waals surface area contributed by atoms with Gasteiger partial charge < -0.3 is 0 Å². The van der Waals surface area contributed by atoms with E-state index >= 15 is 0 Å². The van der Waals surface area contributed by atoms with Gasteiger partial charge in [-0.3, -0.25) is 11.3 Å². The Morgan fingerprint density at radius 3 is 2.55 bits per heavy atom. The molecular formula is C17H21ClN2. The van der Waals surface area contributed by atoms with Gasteiger partial charge in [0.05, 0.1) is 0 Å². The second kappa shape index (κ2) is 7.44. The van der Waals surface area contributed by atoms with Gasteiger partial charge in [0.2, 0.25) is 0 Å². The molecule has 0 saturated carbocycles. The van der Waals surface area contributed by atoms with E-state index < -0.39 is 0 Å². The molecule has 0 bridgehead atoms. The van der Waals surface area contributed by atoms with Gasteiger partial charge in [0, 0.05) is 11.1 Å². The van der Waals surface area contributed by atoms with Crippen molar-refractivity contribution in [3.05, 3.63) is 70.2 Å². The summed E-state index contributed by atoms with van der Waals surface area (Å²) >= 11 is 6.03. The number of aryl methyl sites for hydroxylation is 1. The van der Waals surface area contributed by atoms with Crippen molar-refractivity contribution in [2.24, 2.45) is 5.84 Å². The fraction of sp³-hybridized carbons (Fsp3) is 0.294. The van der Waals surface area contributed by atoms with E-state index in [1.807, 2.05) is 18.2 Å². The van der Waals surface area contributed by atoms with Gasteiger partial charge in [-0.1, -0.05) is 61.3 Å². The fourth-order valence-electron chi connectivity index (χ4n) is 2.43. The van der Waals surface area contributed by atoms with Crippen LogP contribution in [0.1, 0.15) is 36.1 Å². The van der Waals surface area contributed by atoms with Crippen LogP contribution < -0.4 is 11.3 Å². The van der Waals surface area contributed by atoms with Crippen molar-refractivity contribution in [3.8, 4) is 0 Å². The maximum absolute atomic E-state index is 6.03. The normalized spacial score (nSPS) is 12.3. The zero-order valence-corrected chi connectivity index (χ0v) is 12.5. The molecule has 1 unspecified atom stereocenters. The molecule has 0 radical (unpaired) electrons. The highest BCUT2D eigenvalue weighted by Crippen LogP contribution is 2.21. The van der Waals surface area contributed by atoms with Crippen molar-refractivity contribution < 1.29 is 0 Å². The third-order valence-electron chi connectivity index (χ3n) is 3.42. The van der Waals surface area contributed by atoms with Gasteiger partial charge in [-0.2, -0.15) is 0 Å². The monoisotopic (exact) mass is 288 g/mol. The van der Waals surface area contributed by atoms with E-state index in [-0.39, 0.29) is 6.04 Å². The topological polar surface area (TPSA) is 38.0 Å². The van der Waals surface area contributed by atoms with Crippen molar-refractivity contribution >= 4 is 11.6 Å². The van der Waals surface area contributed by atoms with Crippen molar-refractivity contribution in [2.75, 3.05) is 0 Å². The summed E-state index contributed by atoms with van der Waals surface area (Å²) in [6.45, 7) is 2.19. The molecule has 0 aliphatic heterocycles. The first-order valence-electron chi connectivity index (χ1n) is 7.02. The molecule has 3 heteroatoms. The lowest BCUT2D eigenvalue weighted by atomic mass is 9.97. The van der Waals surface area contributed by atoms with Gasteiger partial charge in [-0.05, 0) is 41.7 Å². The summed E-state index contributed by atoms with van der Waals surface area (Å²) in [5.41, 5.74) is 6.67. The van der Waals surface area contributed by atoms with Crippen LogP contribution in [0.3, 0.4) is 0 Å². The van der Waals surface area contributed by atoms with E-state index in [9.17, 15) is 0 Å². The third kappa shape index (κ3) is 4.07. The summed E-state index contributed by atoms with van der Waals surface area (Å²) in [7, 11) is 0. The summed E-state index contributed by atoms with van der Waals surface area (Å²) in [5.74, 6) is 5.73. The molecule has 20 heavy (non-hydrogen) atoms. The van der Waals surface area contributed by atoms with E-state index in [4.69, 9.17) is 17.4 Å². The van der Waals surface area contributed by atoms with Crippen LogP contribution in [0.5, 0.6) is 0 Å². The second-order valence-electron chi connectivity index (χ2n) is 5.05. The number of benzene rings is 2. The number of hydrazine groups is 1. The van der Waals surface area contributed by atoms with Crippen molar-refractivity contribution in [2.45, 2.75) is 32.2 Å². The van der Waals surface area contributed by atoms with Gasteiger partial charge in [0.1, 0.15) is 0 Å². The molecule has 0 spiro atoms. The van der Waals surface area contributed by atoms with Gasteiger partial charge in [-0.25, -0.2) is 0 Å². The average Bonchev–Trinajstić information content (AvgIpc) is 2.45. The van der Waals surface area contributed by atoms with Crippen LogP contribution in [0.15, 0.2) is 48.5 Å². The molecule has 2 nitrogen and oxygen atoms in total. The summed E-state index contributed by atoms with van der Waals surface area (Å²) in [6, 6.07) is 16.6. The summed E-state index contributed by atoms with van der Waals surface area (Å²) < 4.78 is 0. The Morgan fingerprint density at radius 2 is 1.85 bits per heavy atom. The highest BCUT2D eigenvalue weighted by molar-refractivity contribution is 6.30. The SMILES string of the molecule is CCCc1cccc(C(Cc2cccc(Cl)c2)NN)c1. The average molecular weight is 289 g/mol. The number of rotatable bonds is 6. The Labute approximate surface area is 125 Å². The minimum absolute atomic E-state index is 0.102. The molecule has 0 saturated heterocycles. The minimum atomic E-state index is 0.102. The number of halogens is 1. The van der Waals surface area contributed by atoms with Crippen LogP contribution in [-0.2, 0) is 12.8 Å². The van der Waals surface area contributed by atoms with Crippen LogP contribution in [0, 0.1) is 0 Å². The standard InChI is InChI=1S/C17H21ClN2/c1-2-5-13-6-3-8-15(10-13)17(20-19)12-14-7-4-9-16(18)11-14/h3-4,6-11,17,20H,2,5,12,19H2,1H3. The number of nitrogens with two attached hydrogens (primary N) is 1. The number of nitrogens with one attached hydrogen (secondary N) is 1. The Morgan fingerprint density at radius 1 is 1.10 bits per heavy atom. The van der Waals surface area contributed by atoms with Crippen molar-refractivity contribution in [1.82, 2.24) is 5.43 Å². The smallest absolute Gasteiger partial charge is 0.0500 e. The number of hydrogen-bond donors (Lipinski definition) is 2. The lowest BCUT2D eigenvalue weighted by Crippen LogP contribution is -2.29. The maximum Gasteiger partial charge on any atom is 0.0500 e. The van der Waals surface area contributed by atoms with E-state index in [0.29, 0.717) is 0 Å². The first-order chi connectivity index (χ1) is 9.72. The lowest BCUT2D eigenvalue weighted by molar-refractivity contribution is 0.551. The lowest BCUT2D eigenvalue weighted by Gasteiger charge is -2.17. The second-order valence-corrected chi connectivity index (χ2v) is 5.48. The Kier molecular flexibility index (Phi) is 5.60. The predicted molar refractivity (Wildman–Crippen MR) is 85.7 cm³/mol. The van der Waals surface area contributed by atoms with E-state index in [2.05, 4.69) is 42.7 Å².